The molecule has 23 heavy (non-hydrogen) atoms. The van der Waals surface area contributed by atoms with Gasteiger partial charge in [-0.05, 0) is 36.6 Å². The van der Waals surface area contributed by atoms with Crippen molar-refractivity contribution in [3.8, 4) is 0 Å². The lowest BCUT2D eigenvalue weighted by atomic mass is 9.82. The molecule has 2 aromatic rings. The van der Waals surface area contributed by atoms with Crippen molar-refractivity contribution in [2.45, 2.75) is 50.7 Å². The van der Waals surface area contributed by atoms with Gasteiger partial charge in [0.25, 0.3) is 0 Å². The lowest BCUT2D eigenvalue weighted by molar-refractivity contribution is -0.122. The summed E-state index contributed by atoms with van der Waals surface area (Å²) in [7, 11) is 0. The molecule has 5 heteroatoms. The summed E-state index contributed by atoms with van der Waals surface area (Å²) in [4.78, 5) is 12.1. The van der Waals surface area contributed by atoms with Crippen LogP contribution in [0.25, 0.3) is 0 Å². The predicted molar refractivity (Wildman–Crippen MR) is 89.1 cm³/mol. The molecule has 0 aliphatic heterocycles. The fourth-order valence-corrected chi connectivity index (χ4v) is 3.17. The van der Waals surface area contributed by atoms with Crippen molar-refractivity contribution in [2.75, 3.05) is 5.32 Å². The first-order valence-corrected chi connectivity index (χ1v) is 8.22. The number of carbonyl (C=O) groups is 1. The van der Waals surface area contributed by atoms with Gasteiger partial charge in [-0.1, -0.05) is 31.4 Å². The third-order valence-electron chi connectivity index (χ3n) is 4.42. The summed E-state index contributed by atoms with van der Waals surface area (Å²) >= 11 is 0. The van der Waals surface area contributed by atoms with Gasteiger partial charge in [-0.2, -0.15) is 5.10 Å². The van der Waals surface area contributed by atoms with Crippen LogP contribution < -0.4 is 5.32 Å². The topological polar surface area (TPSA) is 67.2 Å². The minimum atomic E-state index is -0.817. The number of aromatic nitrogens is 2. The van der Waals surface area contributed by atoms with Gasteiger partial charge in [-0.25, -0.2) is 0 Å². The van der Waals surface area contributed by atoms with E-state index in [1.165, 1.54) is 0 Å². The second-order valence-electron chi connectivity index (χ2n) is 6.41. The van der Waals surface area contributed by atoms with E-state index in [2.05, 4.69) is 10.4 Å². The molecule has 0 bridgehead atoms. The van der Waals surface area contributed by atoms with E-state index in [0.29, 0.717) is 6.54 Å². The molecule has 1 fully saturated rings. The molecule has 1 amide bonds. The van der Waals surface area contributed by atoms with E-state index in [-0.39, 0.29) is 12.3 Å². The first-order chi connectivity index (χ1) is 11.1. The molecule has 0 atom stereocenters. The number of nitrogens with one attached hydrogen (secondary N) is 1. The van der Waals surface area contributed by atoms with Crippen LogP contribution in [0.15, 0.2) is 42.7 Å². The molecular formula is C18H23N3O2. The lowest BCUT2D eigenvalue weighted by Crippen LogP contribution is -2.35. The number of anilines is 1. The molecular weight excluding hydrogens is 290 g/mol. The Hall–Kier alpha value is -2.14. The van der Waals surface area contributed by atoms with Crippen molar-refractivity contribution >= 4 is 11.6 Å². The normalized spacial score (nSPS) is 16.9. The molecule has 1 aromatic carbocycles. The Balaban J connectivity index is 1.54. The van der Waals surface area contributed by atoms with Crippen molar-refractivity contribution in [1.29, 1.82) is 0 Å². The van der Waals surface area contributed by atoms with E-state index >= 15 is 0 Å². The van der Waals surface area contributed by atoms with Crippen LogP contribution in [0, 0.1) is 0 Å². The van der Waals surface area contributed by atoms with Gasteiger partial charge in [0.05, 0.1) is 18.6 Å². The van der Waals surface area contributed by atoms with Crippen LogP contribution in [0.1, 0.15) is 44.1 Å². The average Bonchev–Trinajstić information content (AvgIpc) is 3.02. The van der Waals surface area contributed by atoms with E-state index in [4.69, 9.17) is 0 Å². The zero-order chi connectivity index (χ0) is 16.1. The largest absolute Gasteiger partial charge is 0.389 e. The molecule has 0 unspecified atom stereocenters. The molecule has 1 aliphatic carbocycles. The van der Waals surface area contributed by atoms with Crippen molar-refractivity contribution in [1.82, 2.24) is 9.78 Å². The fourth-order valence-electron chi connectivity index (χ4n) is 3.17. The van der Waals surface area contributed by atoms with Gasteiger partial charge in [-0.3, -0.25) is 9.48 Å². The highest BCUT2D eigenvalue weighted by atomic mass is 16.3. The quantitative estimate of drug-likeness (QED) is 0.892. The van der Waals surface area contributed by atoms with E-state index in [1.807, 2.05) is 41.2 Å². The summed E-state index contributed by atoms with van der Waals surface area (Å²) in [5.41, 5.74) is 1.07. The number of carbonyl (C=O) groups excluding carboxylic acids is 1. The molecule has 2 N–H and O–H groups in total. The standard InChI is InChI=1S/C18H23N3O2/c22-17(13-18(23)9-2-1-3-10-18)20-16-7-5-15(6-8-16)14-21-12-4-11-19-21/h4-8,11-12,23H,1-3,9-10,13-14H2,(H,20,22). The number of hydrogen-bond donors (Lipinski definition) is 2. The van der Waals surface area contributed by atoms with E-state index < -0.39 is 5.60 Å². The minimum absolute atomic E-state index is 0.116. The van der Waals surface area contributed by atoms with Gasteiger partial charge in [-0.15, -0.1) is 0 Å². The molecule has 0 radical (unpaired) electrons. The summed E-state index contributed by atoms with van der Waals surface area (Å²) in [5, 5.41) is 17.5. The van der Waals surface area contributed by atoms with Gasteiger partial charge in [0.15, 0.2) is 0 Å². The van der Waals surface area contributed by atoms with Gasteiger partial charge in [0.1, 0.15) is 0 Å². The maximum Gasteiger partial charge on any atom is 0.227 e. The number of benzene rings is 1. The summed E-state index contributed by atoms with van der Waals surface area (Å²) < 4.78 is 1.85. The van der Waals surface area contributed by atoms with E-state index in [0.717, 1.165) is 43.4 Å². The van der Waals surface area contributed by atoms with Crippen molar-refractivity contribution in [3.63, 3.8) is 0 Å². The monoisotopic (exact) mass is 313 g/mol. The fraction of sp³-hybridized carbons (Fsp3) is 0.444. The maximum atomic E-state index is 12.1. The number of nitrogens with zero attached hydrogens (tertiary/aromatic N) is 2. The molecule has 1 aliphatic rings. The van der Waals surface area contributed by atoms with Gasteiger partial charge in [0, 0.05) is 18.1 Å². The second kappa shape index (κ2) is 6.96. The molecule has 122 valence electrons. The minimum Gasteiger partial charge on any atom is -0.389 e. The number of hydrogen-bond acceptors (Lipinski definition) is 3. The smallest absolute Gasteiger partial charge is 0.227 e. The summed E-state index contributed by atoms with van der Waals surface area (Å²) in [5.74, 6) is -0.116. The van der Waals surface area contributed by atoms with Crippen molar-refractivity contribution in [3.05, 3.63) is 48.3 Å². The van der Waals surface area contributed by atoms with Gasteiger partial charge < -0.3 is 10.4 Å². The Morgan fingerprint density at radius 2 is 1.96 bits per heavy atom. The molecule has 0 saturated heterocycles. The molecule has 5 nitrogen and oxygen atoms in total. The van der Waals surface area contributed by atoms with Crippen LogP contribution in [-0.2, 0) is 11.3 Å². The lowest BCUT2D eigenvalue weighted by Gasteiger charge is -2.31. The van der Waals surface area contributed by atoms with Crippen LogP contribution in [0.4, 0.5) is 5.69 Å². The Labute approximate surface area is 136 Å². The zero-order valence-corrected chi connectivity index (χ0v) is 13.2. The first-order valence-electron chi connectivity index (χ1n) is 8.22. The number of aliphatic hydroxyl groups is 1. The molecule has 1 heterocycles. The third kappa shape index (κ3) is 4.42. The highest BCUT2D eigenvalue weighted by Gasteiger charge is 2.31. The Morgan fingerprint density at radius 1 is 1.22 bits per heavy atom. The molecule has 1 saturated carbocycles. The predicted octanol–water partition coefficient (Wildman–Crippen LogP) is 2.96. The van der Waals surface area contributed by atoms with Crippen LogP contribution >= 0.6 is 0 Å². The SMILES string of the molecule is O=C(CC1(O)CCCCC1)Nc1ccc(Cn2cccn2)cc1. The van der Waals surface area contributed by atoms with Crippen LogP contribution in [-0.4, -0.2) is 26.4 Å². The van der Waals surface area contributed by atoms with Crippen molar-refractivity contribution < 1.29 is 9.90 Å². The van der Waals surface area contributed by atoms with Gasteiger partial charge in [0.2, 0.25) is 5.91 Å². The highest BCUT2D eigenvalue weighted by Crippen LogP contribution is 2.31. The zero-order valence-electron chi connectivity index (χ0n) is 13.2. The number of rotatable bonds is 5. The Bertz CT molecular complexity index is 629. The van der Waals surface area contributed by atoms with Crippen molar-refractivity contribution in [2.24, 2.45) is 0 Å². The van der Waals surface area contributed by atoms with Gasteiger partial charge >= 0.3 is 0 Å². The molecule has 1 aromatic heterocycles. The highest BCUT2D eigenvalue weighted by molar-refractivity contribution is 5.91. The summed E-state index contributed by atoms with van der Waals surface area (Å²) in [6.07, 6.45) is 8.47. The number of amides is 1. The van der Waals surface area contributed by atoms with Crippen LogP contribution in [0.3, 0.4) is 0 Å². The van der Waals surface area contributed by atoms with E-state index in [1.54, 1.807) is 6.20 Å². The molecule has 0 spiro atoms. The van der Waals surface area contributed by atoms with E-state index in [9.17, 15) is 9.90 Å². The summed E-state index contributed by atoms with van der Waals surface area (Å²) in [6.45, 7) is 0.709. The Morgan fingerprint density at radius 3 is 2.61 bits per heavy atom. The van der Waals surface area contributed by atoms with Crippen LogP contribution in [0.2, 0.25) is 0 Å². The second-order valence-corrected chi connectivity index (χ2v) is 6.41. The maximum absolute atomic E-state index is 12.1. The average molecular weight is 313 g/mol. The summed E-state index contributed by atoms with van der Waals surface area (Å²) in [6, 6.07) is 9.63. The van der Waals surface area contributed by atoms with Crippen LogP contribution in [0.5, 0.6) is 0 Å². The Kier molecular flexibility index (Phi) is 4.76. The third-order valence-corrected chi connectivity index (χ3v) is 4.42. The first kappa shape index (κ1) is 15.7. The molecule has 3 rings (SSSR count).